The number of carboxylic acids is 1. The van der Waals surface area contributed by atoms with Gasteiger partial charge in [-0.3, -0.25) is 4.79 Å². The molecular formula is C23H21N3O6. The Bertz CT molecular complexity index is 1130. The van der Waals surface area contributed by atoms with E-state index >= 15 is 0 Å². The summed E-state index contributed by atoms with van der Waals surface area (Å²) in [6, 6.07) is 15.1. The molecule has 0 fully saturated rings. The number of nitrogens with one attached hydrogen (secondary N) is 2. The van der Waals surface area contributed by atoms with Crippen LogP contribution in [0.5, 0.6) is 0 Å². The first-order valence-corrected chi connectivity index (χ1v) is 10.0. The summed E-state index contributed by atoms with van der Waals surface area (Å²) >= 11 is 0. The molecular weight excluding hydrogens is 414 g/mol. The number of hydrogen-bond acceptors (Lipinski definition) is 6. The Labute approximate surface area is 183 Å². The molecule has 4 rings (SSSR count). The molecule has 1 aliphatic carbocycles. The van der Waals surface area contributed by atoms with Gasteiger partial charge in [0.05, 0.1) is 6.54 Å². The van der Waals surface area contributed by atoms with Crippen LogP contribution in [0, 0.1) is 0 Å². The first kappa shape index (κ1) is 21.1. The number of carbonyl (C=O) groups excluding carboxylic acids is 2. The molecule has 2 aromatic carbocycles. The van der Waals surface area contributed by atoms with E-state index in [4.69, 9.17) is 14.3 Å². The molecule has 32 heavy (non-hydrogen) atoms. The van der Waals surface area contributed by atoms with Gasteiger partial charge in [0.1, 0.15) is 12.6 Å². The number of hydrogen-bond donors (Lipinski definition) is 3. The summed E-state index contributed by atoms with van der Waals surface area (Å²) in [7, 11) is 0. The summed E-state index contributed by atoms with van der Waals surface area (Å²) in [4.78, 5) is 39.2. The van der Waals surface area contributed by atoms with Crippen LogP contribution in [-0.2, 0) is 16.1 Å². The van der Waals surface area contributed by atoms with Gasteiger partial charge in [0.2, 0.25) is 5.91 Å². The van der Waals surface area contributed by atoms with Gasteiger partial charge in [0.25, 0.3) is 0 Å². The van der Waals surface area contributed by atoms with Crippen LogP contribution in [0.15, 0.2) is 59.3 Å². The molecule has 1 heterocycles. The van der Waals surface area contributed by atoms with Gasteiger partial charge in [-0.2, -0.15) is 0 Å². The summed E-state index contributed by atoms with van der Waals surface area (Å²) < 4.78 is 10.4. The fraction of sp³-hybridized carbons (Fsp3) is 0.217. The quantitative estimate of drug-likeness (QED) is 0.520. The maximum absolute atomic E-state index is 12.3. The fourth-order valence-corrected chi connectivity index (χ4v) is 3.77. The normalized spacial score (nSPS) is 13.0. The van der Waals surface area contributed by atoms with Crippen LogP contribution in [0.1, 0.15) is 40.2 Å². The smallest absolute Gasteiger partial charge is 0.407 e. The van der Waals surface area contributed by atoms with Gasteiger partial charge in [-0.05, 0) is 29.2 Å². The number of nitrogens with zero attached hydrogens (tertiary/aromatic N) is 1. The van der Waals surface area contributed by atoms with Gasteiger partial charge in [-0.15, -0.1) is 0 Å². The Hall–Kier alpha value is -4.14. The number of amides is 2. The minimum Gasteiger partial charge on any atom is -0.476 e. The molecule has 0 aliphatic heterocycles. The second kappa shape index (κ2) is 8.93. The van der Waals surface area contributed by atoms with E-state index in [1.54, 1.807) is 0 Å². The van der Waals surface area contributed by atoms with Crippen molar-refractivity contribution >= 4 is 18.0 Å². The number of ether oxygens (including phenoxy) is 1. The zero-order valence-corrected chi connectivity index (χ0v) is 17.2. The van der Waals surface area contributed by atoms with Crippen LogP contribution < -0.4 is 10.6 Å². The molecule has 0 radical (unpaired) electrons. The van der Waals surface area contributed by atoms with Crippen LogP contribution in [0.3, 0.4) is 0 Å². The molecule has 1 aromatic heterocycles. The minimum absolute atomic E-state index is 0.0131. The number of aromatic carboxylic acids is 1. The van der Waals surface area contributed by atoms with Gasteiger partial charge >= 0.3 is 12.1 Å². The Morgan fingerprint density at radius 2 is 1.72 bits per heavy atom. The molecule has 0 spiro atoms. The average Bonchev–Trinajstić information content (AvgIpc) is 3.39. The zero-order chi connectivity index (χ0) is 22.7. The molecule has 0 bridgehead atoms. The highest BCUT2D eigenvalue weighted by molar-refractivity contribution is 5.87. The number of rotatable bonds is 7. The van der Waals surface area contributed by atoms with Gasteiger partial charge in [0.15, 0.2) is 17.8 Å². The molecule has 1 aliphatic rings. The van der Waals surface area contributed by atoms with E-state index in [2.05, 4.69) is 15.6 Å². The number of carbonyl (C=O) groups is 3. The van der Waals surface area contributed by atoms with Crippen molar-refractivity contribution in [2.75, 3.05) is 6.61 Å². The van der Waals surface area contributed by atoms with Crippen molar-refractivity contribution < 1.29 is 28.6 Å². The van der Waals surface area contributed by atoms with E-state index in [-0.39, 0.29) is 30.5 Å². The topological polar surface area (TPSA) is 131 Å². The number of fused-ring (bicyclic) bond motifs is 3. The molecule has 164 valence electrons. The lowest BCUT2D eigenvalue weighted by Crippen LogP contribution is -2.45. The molecule has 0 saturated carbocycles. The van der Waals surface area contributed by atoms with Crippen molar-refractivity contribution in [2.24, 2.45) is 0 Å². The van der Waals surface area contributed by atoms with E-state index in [1.807, 2.05) is 48.5 Å². The van der Waals surface area contributed by atoms with Gasteiger partial charge in [0, 0.05) is 5.92 Å². The van der Waals surface area contributed by atoms with Crippen LogP contribution in [0.2, 0.25) is 0 Å². The van der Waals surface area contributed by atoms with E-state index < -0.39 is 24.0 Å². The number of benzene rings is 2. The monoisotopic (exact) mass is 435 g/mol. The lowest BCUT2D eigenvalue weighted by atomic mass is 9.98. The molecule has 3 N–H and O–H groups in total. The van der Waals surface area contributed by atoms with Crippen LogP contribution in [0.25, 0.3) is 11.1 Å². The third-order valence-corrected chi connectivity index (χ3v) is 5.34. The Balaban J connectivity index is 1.32. The van der Waals surface area contributed by atoms with Crippen LogP contribution in [0.4, 0.5) is 4.79 Å². The van der Waals surface area contributed by atoms with E-state index in [1.165, 1.54) is 6.92 Å². The summed E-state index contributed by atoms with van der Waals surface area (Å²) in [6.45, 7) is 1.46. The zero-order valence-electron chi connectivity index (χ0n) is 17.2. The molecule has 2 amide bonds. The number of oxazole rings is 1. The summed E-state index contributed by atoms with van der Waals surface area (Å²) in [5.74, 6) is -1.85. The number of carboxylic acid groups (broad SMARTS) is 1. The maximum Gasteiger partial charge on any atom is 0.407 e. The second-order valence-corrected chi connectivity index (χ2v) is 7.34. The number of aromatic nitrogens is 1. The lowest BCUT2D eigenvalue weighted by molar-refractivity contribution is -0.122. The summed E-state index contributed by atoms with van der Waals surface area (Å²) in [5.41, 5.74) is 4.15. The highest BCUT2D eigenvalue weighted by Crippen LogP contribution is 2.44. The van der Waals surface area contributed by atoms with E-state index in [0.717, 1.165) is 28.6 Å². The highest BCUT2D eigenvalue weighted by Gasteiger charge is 2.29. The first-order valence-electron chi connectivity index (χ1n) is 10.0. The molecule has 0 unspecified atom stereocenters. The Kier molecular flexibility index (Phi) is 5.89. The predicted molar refractivity (Wildman–Crippen MR) is 113 cm³/mol. The second-order valence-electron chi connectivity index (χ2n) is 7.34. The minimum atomic E-state index is -1.26. The fourth-order valence-electron chi connectivity index (χ4n) is 3.77. The maximum atomic E-state index is 12.3. The summed E-state index contributed by atoms with van der Waals surface area (Å²) in [5, 5.41) is 14.0. The van der Waals surface area contributed by atoms with Gasteiger partial charge in [-0.1, -0.05) is 48.5 Å². The van der Waals surface area contributed by atoms with Crippen molar-refractivity contribution in [3.63, 3.8) is 0 Å². The summed E-state index contributed by atoms with van der Waals surface area (Å²) in [6.07, 6.45) is 0.268. The average molecular weight is 435 g/mol. The Morgan fingerprint density at radius 1 is 1.09 bits per heavy atom. The molecule has 9 nitrogen and oxygen atoms in total. The SMILES string of the molecule is C[C@H](NC(=O)OCC1c2ccccc2-c2ccccc21)C(=O)NCc1ocnc1C(=O)O. The van der Waals surface area contributed by atoms with Crippen molar-refractivity contribution in [3.05, 3.63) is 77.5 Å². The first-order chi connectivity index (χ1) is 15.5. The molecule has 3 aromatic rings. The molecule has 9 heteroatoms. The number of alkyl carbamates (subject to hydrolysis) is 1. The Morgan fingerprint density at radius 3 is 2.34 bits per heavy atom. The third kappa shape index (κ3) is 4.18. The van der Waals surface area contributed by atoms with Gasteiger partial charge < -0.3 is 24.9 Å². The molecule has 1 atom stereocenters. The van der Waals surface area contributed by atoms with Crippen molar-refractivity contribution in [1.82, 2.24) is 15.6 Å². The predicted octanol–water partition coefficient (Wildman–Crippen LogP) is 2.92. The molecule has 0 saturated heterocycles. The van der Waals surface area contributed by atoms with E-state index in [0.29, 0.717) is 0 Å². The van der Waals surface area contributed by atoms with Crippen molar-refractivity contribution in [2.45, 2.75) is 25.4 Å². The largest absolute Gasteiger partial charge is 0.476 e. The van der Waals surface area contributed by atoms with E-state index in [9.17, 15) is 14.4 Å². The third-order valence-electron chi connectivity index (χ3n) is 5.34. The lowest BCUT2D eigenvalue weighted by Gasteiger charge is -2.17. The van der Waals surface area contributed by atoms with Crippen LogP contribution >= 0.6 is 0 Å². The highest BCUT2D eigenvalue weighted by atomic mass is 16.5. The van der Waals surface area contributed by atoms with Crippen molar-refractivity contribution in [1.29, 1.82) is 0 Å². The van der Waals surface area contributed by atoms with Gasteiger partial charge in [-0.25, -0.2) is 14.6 Å². The van der Waals surface area contributed by atoms with Crippen LogP contribution in [-0.4, -0.2) is 40.7 Å². The van der Waals surface area contributed by atoms with Crippen molar-refractivity contribution in [3.8, 4) is 11.1 Å². The standard InChI is InChI=1S/C23H21N3O6/c1-13(21(27)24-10-19-20(22(28)29)25-12-32-19)26-23(30)31-11-18-16-8-4-2-6-14(16)15-7-3-5-9-17(15)18/h2-9,12-13,18H,10-11H2,1H3,(H,24,27)(H,26,30)(H,28,29)/t13-/m0/s1.